The number of hydrogen-bond donors (Lipinski definition) is 13. The smallest absolute Gasteiger partial charge is 1.00 e. The standard InChI is InChI=1S/C23H23BrClFN4O3.C15H17BrN2O3.C12H16ClFN2O.C11H9BrN2O3.C9H7BrN2O.C9H5BrN2.C6H11BrO2.CH2O3.2K.H3N.H2O2.H2O.H/c1-13(2)30(11-20(31)28-9-14-4-3-5-18(25)22(14)26)21(32)12-29-10-17(23(27)33)16-8-15(24)6-7-19(16)29;1-15(2,3)21-13(19)8-18-7-11(14(17)20)10-6-9(16)4-5-12(10)18;1-8(2)15-7-11(17)16-6-9-4-3-5-10(13)12(9)14;12-6-1-2-9-7(3-6)8(11(13)17)4-14(9)5-10(15)16;10-5-1-2-8-6(3-5)7(4-12-8)9(11)13;10-7-1-2-9-8(3-7)6(4-11)5-12-9;1-6(2,3)9-5(8)4-7;2-1-4-3;;;;1-2;;/h3-8,10,13H,9,11-12H2,1-2H3,(H2,27,33)(H,28,31);4-7H,8H2,1-3H3,(H2,17,20);3-5,8,15H,6-7H2,1-2H3,(H,16,17);1-4H,5H2,(H2,13,17)(H,15,16);1-4,12H,(H2,11,13);1-3,5,12H;4H2,1-3H3;1,3H;;;1H3;1-2H;1H2;/q;;;;;;;;2*+1;;;;-1/p-1. The molecule has 0 aliphatic carbocycles. The topological polar surface area (TPSA) is 579 Å². The van der Waals surface area contributed by atoms with Crippen molar-refractivity contribution in [2.75, 3.05) is 18.4 Å². The number of amides is 7. The average Bonchev–Trinajstić information content (AvgIpc) is 1.63. The average molecular weight is 2310 g/mol. The first kappa shape index (κ1) is 124. The van der Waals surface area contributed by atoms with Gasteiger partial charge in [0, 0.05) is 144 Å². The second-order valence-electron chi connectivity index (χ2n) is 29.4. The Kier molecular flexibility index (Phi) is 57.1. The number of aromatic amines is 2. The molecule has 46 heteroatoms. The third kappa shape index (κ3) is 41.0. The summed E-state index contributed by atoms with van der Waals surface area (Å²) in [6, 6.07) is 39.0. The molecule has 0 radical (unpaired) electrons. The molecule has 0 saturated carbocycles. The van der Waals surface area contributed by atoms with Crippen LogP contribution in [0.25, 0.3) is 54.5 Å². The van der Waals surface area contributed by atoms with Gasteiger partial charge in [0.05, 0.1) is 51.0 Å². The van der Waals surface area contributed by atoms with Crippen LogP contribution in [0, 0.1) is 23.0 Å². The fourth-order valence-electron chi connectivity index (χ4n) is 11.4. The van der Waals surface area contributed by atoms with Crippen molar-refractivity contribution in [1.29, 1.82) is 5.26 Å². The number of carboxylic acids is 1. The first-order valence-electron chi connectivity index (χ1n) is 37.6. The number of aromatic nitrogens is 5. The Hall–Kier alpha value is -7.75. The van der Waals surface area contributed by atoms with Crippen LogP contribution >= 0.6 is 119 Å². The molecule has 132 heavy (non-hydrogen) atoms. The number of fused-ring (bicyclic) bond motifs is 5. The molecular weight excluding hydrogens is 2210 g/mol. The monoisotopic (exact) mass is 2300 g/mol. The Morgan fingerprint density at radius 1 is 0.568 bits per heavy atom. The van der Waals surface area contributed by atoms with Gasteiger partial charge in [-0.3, -0.25) is 63.3 Å². The minimum Gasteiger partial charge on any atom is -1.00 e. The molecule has 34 nitrogen and oxygen atoms in total. The van der Waals surface area contributed by atoms with E-state index in [1.807, 2.05) is 104 Å². The summed E-state index contributed by atoms with van der Waals surface area (Å²) in [5.41, 5.74) is 27.3. The van der Waals surface area contributed by atoms with Crippen LogP contribution in [0.1, 0.15) is 129 Å². The van der Waals surface area contributed by atoms with Gasteiger partial charge < -0.3 is 105 Å². The zero-order valence-electron chi connectivity index (χ0n) is 74.4. The number of rotatable bonds is 22. The van der Waals surface area contributed by atoms with Crippen molar-refractivity contribution in [3.8, 4) is 6.07 Å². The molecule has 5 aromatic heterocycles. The molecule has 7 amide bonds. The van der Waals surface area contributed by atoms with Crippen molar-refractivity contribution in [3.05, 3.63) is 241 Å². The van der Waals surface area contributed by atoms with Gasteiger partial charge in [0.15, 0.2) is 0 Å². The number of nitriles is 1. The fraction of sp³-hybridized carbons (Fsp3) is 0.256. The number of carboxylic acid groups (broad SMARTS) is 1. The summed E-state index contributed by atoms with van der Waals surface area (Å²) in [6.07, 6.45) is 7.94. The molecule has 0 bridgehead atoms. The molecule has 0 unspecified atom stereocenters. The van der Waals surface area contributed by atoms with Crippen molar-refractivity contribution < 1.29 is 206 Å². The number of hydrogen-bond acceptors (Lipinski definition) is 20. The summed E-state index contributed by atoms with van der Waals surface area (Å²) in [5, 5.41) is 50.3. The second kappa shape index (κ2) is 60.7. The maximum Gasteiger partial charge on any atom is 1.00 e. The number of alkyl halides is 1. The van der Waals surface area contributed by atoms with Gasteiger partial charge in [-0.05, 0) is 159 Å². The van der Waals surface area contributed by atoms with Gasteiger partial charge in [-0.1, -0.05) is 157 Å². The van der Waals surface area contributed by atoms with Crippen LogP contribution in [-0.2, 0) is 80.6 Å². The van der Waals surface area contributed by atoms with Gasteiger partial charge in [0.2, 0.25) is 17.7 Å². The number of nitrogens with zero attached hydrogens (tertiary/aromatic N) is 5. The zero-order chi connectivity index (χ0) is 96.4. The Balaban J connectivity index is 0. The van der Waals surface area contributed by atoms with E-state index in [9.17, 15) is 56.7 Å². The quantitative estimate of drug-likeness (QED) is 0.00752. The summed E-state index contributed by atoms with van der Waals surface area (Å²) in [6.45, 7) is 18.1. The second-order valence-corrected chi connectivity index (χ2v) is 35.3. The molecular formula is C86H97Br6Cl2F2K2N15O19. The van der Waals surface area contributed by atoms with Crippen molar-refractivity contribution in [1.82, 2.24) is 50.7 Å². The Labute approximate surface area is 904 Å². The third-order valence-electron chi connectivity index (χ3n) is 16.8. The van der Waals surface area contributed by atoms with Gasteiger partial charge in [-0.15, -0.1) is 0 Å². The number of H-pyrrole nitrogens is 2. The summed E-state index contributed by atoms with van der Waals surface area (Å²) < 4.78 is 46.9. The van der Waals surface area contributed by atoms with E-state index < -0.39 is 52.7 Å². The van der Waals surface area contributed by atoms with Gasteiger partial charge in [0.25, 0.3) is 30.1 Å². The molecule has 7 aromatic carbocycles. The normalized spacial score (nSPS) is 10.3. The van der Waals surface area contributed by atoms with Gasteiger partial charge in [-0.25, -0.2) is 8.78 Å². The number of halogens is 10. The predicted molar refractivity (Wildman–Crippen MR) is 511 cm³/mol. The van der Waals surface area contributed by atoms with Crippen LogP contribution < -0.4 is 153 Å². The maximum absolute atomic E-state index is 14.0. The molecule has 0 aliphatic rings. The molecule has 0 aliphatic heterocycles. The minimum absolute atomic E-state index is 0. The van der Waals surface area contributed by atoms with E-state index in [-0.39, 0.29) is 230 Å². The van der Waals surface area contributed by atoms with E-state index in [2.05, 4.69) is 132 Å². The Bertz CT molecular complexity index is 6010. The molecule has 0 saturated heterocycles. The Morgan fingerprint density at radius 3 is 1.28 bits per heavy atom. The Morgan fingerprint density at radius 2 is 0.924 bits per heavy atom. The van der Waals surface area contributed by atoms with Crippen LogP contribution in [0.5, 0.6) is 0 Å². The predicted octanol–water partition coefficient (Wildman–Crippen LogP) is 8.84. The third-order valence-corrected chi connectivity index (χ3v) is 20.3. The number of carbonyl (C=O) groups is 11. The summed E-state index contributed by atoms with van der Waals surface area (Å²) in [5.74, 6) is -5.65. The van der Waals surface area contributed by atoms with Gasteiger partial charge in [-0.2, -0.15) is 5.26 Å². The number of ether oxygens (including phenoxy) is 2. The zero-order valence-corrected chi connectivity index (χ0v) is 90.7. The van der Waals surface area contributed by atoms with Crippen LogP contribution in [-0.4, -0.2) is 157 Å². The molecule has 12 rings (SSSR count). The first-order chi connectivity index (χ1) is 60.1. The molecule has 21 N–H and O–H groups in total. The van der Waals surface area contributed by atoms with Gasteiger partial charge >= 0.3 is 121 Å². The van der Waals surface area contributed by atoms with E-state index in [4.69, 9.17) is 86.5 Å². The van der Waals surface area contributed by atoms with Crippen LogP contribution in [0.3, 0.4) is 0 Å². The van der Waals surface area contributed by atoms with Crippen molar-refractivity contribution >= 4 is 239 Å². The van der Waals surface area contributed by atoms with Crippen LogP contribution in [0.15, 0.2) is 181 Å². The number of carbonyl (C=O) groups excluding carboxylic acids is 10. The summed E-state index contributed by atoms with van der Waals surface area (Å²) in [7, 11) is 0. The molecule has 702 valence electrons. The fourth-order valence-corrected chi connectivity index (χ4v) is 13.7. The number of primary amides is 4. The van der Waals surface area contributed by atoms with E-state index in [1.54, 1.807) is 102 Å². The SMILES string of the molecule is CC(C)(C)OC(=O)CBr.CC(C)(C)OC(=O)Cn1cc(C(N)=O)c2cc(Br)ccc21.CC(C)N(CC(=O)NCc1cccc(Cl)c1F)C(=O)Cn1cc(C(N)=O)c2cc(Br)ccc21.CC(C)NCC(=O)NCc1cccc(Cl)c1F.N.N#Cc1c[nH]c2ccc(Br)cc12.NC(=O)c1c[nH]c2ccc(Br)cc12.NC(=O)c1cn(CC(=O)O)c2ccc(Br)cc12.O.O=CO[O-].OO.[H-].[K+].[K+]. The summed E-state index contributed by atoms with van der Waals surface area (Å²) >= 11 is 31.1. The van der Waals surface area contributed by atoms with E-state index in [0.29, 0.717) is 60.6 Å². The van der Waals surface area contributed by atoms with E-state index in [1.165, 1.54) is 40.1 Å². The molecule has 0 spiro atoms. The molecule has 0 fully saturated rings. The largest absolute Gasteiger partial charge is 1.00 e. The van der Waals surface area contributed by atoms with E-state index >= 15 is 0 Å². The van der Waals surface area contributed by atoms with Crippen LogP contribution in [0.2, 0.25) is 10.0 Å². The number of aliphatic carboxylic acids is 1. The molecule has 5 heterocycles. The number of nitrogens with one attached hydrogen (secondary N) is 5. The molecule has 0 atom stereocenters. The minimum atomic E-state index is -0.971. The van der Waals surface area contributed by atoms with Crippen LogP contribution in [0.4, 0.5) is 8.78 Å². The number of esters is 2. The number of nitrogens with two attached hydrogens (primary N) is 4. The van der Waals surface area contributed by atoms with E-state index in [0.717, 1.165) is 49.7 Å². The first-order valence-corrected chi connectivity index (χ1v) is 43.5. The molecule has 12 aromatic rings. The number of benzene rings is 7. The summed E-state index contributed by atoms with van der Waals surface area (Å²) in [4.78, 5) is 134. The van der Waals surface area contributed by atoms with Crippen molar-refractivity contribution in [2.45, 2.75) is 125 Å². The maximum atomic E-state index is 14.0. The van der Waals surface area contributed by atoms with Gasteiger partial charge in [0.1, 0.15) is 53.9 Å². The van der Waals surface area contributed by atoms with Crippen molar-refractivity contribution in [2.24, 2.45) is 22.9 Å². The van der Waals surface area contributed by atoms with Crippen molar-refractivity contribution in [3.63, 3.8) is 0 Å².